The van der Waals surface area contributed by atoms with Gasteiger partial charge in [-0.25, -0.2) is 5.11 Å². The van der Waals surface area contributed by atoms with Crippen LogP contribution in [-0.4, -0.2) is 6.61 Å². The van der Waals surface area contributed by atoms with Crippen LogP contribution in [0.3, 0.4) is 0 Å². The summed E-state index contributed by atoms with van der Waals surface area (Å²) in [6.45, 7) is 6.46. The summed E-state index contributed by atoms with van der Waals surface area (Å²) in [5, 5.41) is 10.1. The molecule has 0 unspecified atom stereocenters. The van der Waals surface area contributed by atoms with Gasteiger partial charge in [-0.3, -0.25) is 0 Å². The fourth-order valence-electron chi connectivity index (χ4n) is 1.00. The van der Waals surface area contributed by atoms with Gasteiger partial charge in [0.15, 0.2) is 0 Å². The first-order chi connectivity index (χ1) is 4.66. The third-order valence-corrected chi connectivity index (χ3v) is 1.33. The zero-order chi connectivity index (χ0) is 7.98. The highest BCUT2D eigenvalue weighted by molar-refractivity contribution is 4.99. The van der Waals surface area contributed by atoms with E-state index in [1.807, 2.05) is 0 Å². The zero-order valence-electron chi connectivity index (χ0n) is 7.18. The molecule has 0 aromatic heterocycles. The van der Waals surface area contributed by atoms with Crippen LogP contribution in [0.15, 0.2) is 11.6 Å². The molecule has 0 bridgehead atoms. The molecule has 1 radical (unpaired) electrons. The van der Waals surface area contributed by atoms with Crippen LogP contribution in [0.5, 0.6) is 0 Å². The average Bonchev–Trinajstić information content (AvgIpc) is 1.82. The van der Waals surface area contributed by atoms with Crippen molar-refractivity contribution in [2.45, 2.75) is 33.6 Å². The highest BCUT2D eigenvalue weighted by atomic mass is 16.2. The largest absolute Gasteiger partial charge is 0.237 e. The van der Waals surface area contributed by atoms with Gasteiger partial charge in [0, 0.05) is 0 Å². The molecule has 0 aliphatic rings. The van der Waals surface area contributed by atoms with Crippen LogP contribution in [0.4, 0.5) is 0 Å². The Morgan fingerprint density at radius 2 is 2.10 bits per heavy atom. The quantitative estimate of drug-likeness (QED) is 0.536. The van der Waals surface area contributed by atoms with Crippen molar-refractivity contribution in [3.05, 3.63) is 11.6 Å². The van der Waals surface area contributed by atoms with E-state index in [9.17, 15) is 5.11 Å². The minimum atomic E-state index is 0.0588. The number of hydrogen-bond donors (Lipinski definition) is 0. The summed E-state index contributed by atoms with van der Waals surface area (Å²) in [5.41, 5.74) is 1.35. The van der Waals surface area contributed by atoms with Crippen LogP contribution in [-0.2, 0) is 5.11 Å². The van der Waals surface area contributed by atoms with Gasteiger partial charge in [-0.15, -0.1) is 0 Å². The molecule has 1 heteroatoms. The first-order valence-electron chi connectivity index (χ1n) is 3.92. The fraction of sp³-hybridized carbons (Fsp3) is 0.778. The van der Waals surface area contributed by atoms with Gasteiger partial charge in [-0.05, 0) is 25.7 Å². The predicted octanol–water partition coefficient (Wildman–Crippen LogP) is 2.80. The molecule has 10 heavy (non-hydrogen) atoms. The Morgan fingerprint density at radius 1 is 1.50 bits per heavy atom. The minimum Gasteiger partial charge on any atom is -0.237 e. The highest BCUT2D eigenvalue weighted by Gasteiger charge is 1.91. The molecule has 0 saturated heterocycles. The Morgan fingerprint density at radius 3 is 2.50 bits per heavy atom. The Hall–Kier alpha value is -0.300. The van der Waals surface area contributed by atoms with Gasteiger partial charge < -0.3 is 0 Å². The molecule has 59 valence electrons. The summed E-state index contributed by atoms with van der Waals surface area (Å²) in [6.07, 6.45) is 3.98. The van der Waals surface area contributed by atoms with Crippen molar-refractivity contribution in [2.75, 3.05) is 6.61 Å². The number of allylic oxidation sites excluding steroid dienone is 2. The lowest BCUT2D eigenvalue weighted by atomic mass is 10.1. The Balaban J connectivity index is 3.49. The second kappa shape index (κ2) is 5.48. The van der Waals surface area contributed by atoms with Crippen LogP contribution in [0, 0.1) is 5.92 Å². The summed E-state index contributed by atoms with van der Waals surface area (Å²) < 4.78 is 0. The standard InChI is InChI=1S/C9H17O/c1-8(2)7-9(3)5-4-6-10/h7-8H,4-6H2,1-3H3. The van der Waals surface area contributed by atoms with E-state index in [1.54, 1.807) is 0 Å². The number of rotatable bonds is 4. The summed E-state index contributed by atoms with van der Waals surface area (Å²) in [7, 11) is 0. The van der Waals surface area contributed by atoms with E-state index in [1.165, 1.54) is 5.57 Å². The second-order valence-corrected chi connectivity index (χ2v) is 3.06. The molecule has 0 aliphatic carbocycles. The summed E-state index contributed by atoms with van der Waals surface area (Å²) >= 11 is 0. The maximum Gasteiger partial charge on any atom is 0.0825 e. The first kappa shape index (κ1) is 9.70. The van der Waals surface area contributed by atoms with Crippen molar-refractivity contribution in [1.82, 2.24) is 0 Å². The van der Waals surface area contributed by atoms with Crippen molar-refractivity contribution < 1.29 is 5.11 Å². The maximum atomic E-state index is 10.1. The van der Waals surface area contributed by atoms with E-state index in [-0.39, 0.29) is 6.61 Å². The molecule has 1 nitrogen and oxygen atoms in total. The number of hydrogen-bond acceptors (Lipinski definition) is 0. The molecule has 0 heterocycles. The van der Waals surface area contributed by atoms with Crippen molar-refractivity contribution in [3.63, 3.8) is 0 Å². The molecule has 0 saturated carbocycles. The molecular weight excluding hydrogens is 124 g/mol. The van der Waals surface area contributed by atoms with Crippen molar-refractivity contribution >= 4 is 0 Å². The Labute approximate surface area is 63.8 Å². The second-order valence-electron chi connectivity index (χ2n) is 3.06. The van der Waals surface area contributed by atoms with Gasteiger partial charge in [-0.1, -0.05) is 25.5 Å². The third kappa shape index (κ3) is 5.83. The van der Waals surface area contributed by atoms with Gasteiger partial charge in [0.25, 0.3) is 0 Å². The lowest BCUT2D eigenvalue weighted by molar-refractivity contribution is 0.189. The molecule has 0 aromatic rings. The van der Waals surface area contributed by atoms with E-state index in [2.05, 4.69) is 26.8 Å². The van der Waals surface area contributed by atoms with Gasteiger partial charge in [0.2, 0.25) is 0 Å². The predicted molar refractivity (Wildman–Crippen MR) is 43.4 cm³/mol. The molecule has 0 rings (SSSR count). The lowest BCUT2D eigenvalue weighted by Crippen LogP contribution is -1.86. The minimum absolute atomic E-state index is 0.0588. The smallest absolute Gasteiger partial charge is 0.0825 e. The molecule has 0 atom stereocenters. The molecule has 0 N–H and O–H groups in total. The Kier molecular flexibility index (Phi) is 5.32. The summed E-state index contributed by atoms with van der Waals surface area (Å²) in [5.74, 6) is 0.617. The average molecular weight is 141 g/mol. The van der Waals surface area contributed by atoms with E-state index in [4.69, 9.17) is 0 Å². The SMILES string of the molecule is CC(=CC(C)C)CCC[O]. The van der Waals surface area contributed by atoms with E-state index in [0.29, 0.717) is 5.92 Å². The van der Waals surface area contributed by atoms with Crippen LogP contribution in [0.25, 0.3) is 0 Å². The fourth-order valence-corrected chi connectivity index (χ4v) is 1.00. The van der Waals surface area contributed by atoms with E-state index < -0.39 is 0 Å². The van der Waals surface area contributed by atoms with Crippen LogP contribution in [0.1, 0.15) is 33.6 Å². The molecule has 0 aromatic carbocycles. The highest BCUT2D eigenvalue weighted by Crippen LogP contribution is 2.07. The van der Waals surface area contributed by atoms with Gasteiger partial charge in [-0.2, -0.15) is 0 Å². The van der Waals surface area contributed by atoms with E-state index in [0.717, 1.165) is 12.8 Å². The summed E-state index contributed by atoms with van der Waals surface area (Å²) in [6, 6.07) is 0. The van der Waals surface area contributed by atoms with Crippen molar-refractivity contribution in [2.24, 2.45) is 5.92 Å². The maximum absolute atomic E-state index is 10.1. The zero-order valence-corrected chi connectivity index (χ0v) is 7.18. The molecular formula is C9H17O. The lowest BCUT2D eigenvalue weighted by Gasteiger charge is -2.00. The molecule has 0 aliphatic heterocycles. The first-order valence-corrected chi connectivity index (χ1v) is 3.92. The van der Waals surface area contributed by atoms with Crippen LogP contribution in [0.2, 0.25) is 0 Å². The topological polar surface area (TPSA) is 19.9 Å². The monoisotopic (exact) mass is 141 g/mol. The van der Waals surface area contributed by atoms with Crippen molar-refractivity contribution in [1.29, 1.82) is 0 Å². The normalized spacial score (nSPS) is 12.7. The van der Waals surface area contributed by atoms with Crippen molar-refractivity contribution in [3.8, 4) is 0 Å². The van der Waals surface area contributed by atoms with E-state index >= 15 is 0 Å². The van der Waals surface area contributed by atoms with Gasteiger partial charge in [0.05, 0.1) is 6.61 Å². The van der Waals surface area contributed by atoms with Crippen LogP contribution >= 0.6 is 0 Å². The summed E-state index contributed by atoms with van der Waals surface area (Å²) in [4.78, 5) is 0. The molecule has 0 amide bonds. The van der Waals surface area contributed by atoms with Gasteiger partial charge >= 0.3 is 0 Å². The van der Waals surface area contributed by atoms with Crippen LogP contribution < -0.4 is 0 Å². The molecule has 0 fully saturated rings. The third-order valence-electron chi connectivity index (χ3n) is 1.33. The Bertz CT molecular complexity index is 103. The molecule has 0 spiro atoms. The van der Waals surface area contributed by atoms with Gasteiger partial charge in [0.1, 0.15) is 0 Å².